The van der Waals surface area contributed by atoms with Gasteiger partial charge >= 0.3 is 0 Å². The van der Waals surface area contributed by atoms with Crippen LogP contribution in [0.2, 0.25) is 0 Å². The van der Waals surface area contributed by atoms with Gasteiger partial charge in [0.2, 0.25) is 0 Å². The van der Waals surface area contributed by atoms with E-state index in [1.807, 2.05) is 19.1 Å². The van der Waals surface area contributed by atoms with E-state index in [1.54, 1.807) is 12.3 Å². The summed E-state index contributed by atoms with van der Waals surface area (Å²) < 4.78 is 11.1. The van der Waals surface area contributed by atoms with Crippen LogP contribution in [0.4, 0.5) is 0 Å². The number of nitrogens with one attached hydrogen (secondary N) is 1. The summed E-state index contributed by atoms with van der Waals surface area (Å²) >= 11 is 0. The van der Waals surface area contributed by atoms with E-state index < -0.39 is 10.8 Å². The second-order valence-electron chi connectivity index (χ2n) is 3.27. The highest BCUT2D eigenvalue weighted by Crippen LogP contribution is 1.99. The van der Waals surface area contributed by atoms with Crippen molar-refractivity contribution in [2.24, 2.45) is 0 Å². The molecule has 1 N–H and O–H groups in total. The molecule has 1 rings (SSSR count). The lowest BCUT2D eigenvalue weighted by molar-refractivity contribution is 0.673. The molecule has 16 heavy (non-hydrogen) atoms. The predicted molar refractivity (Wildman–Crippen MR) is 64.2 cm³/mol. The number of nitriles is 1. The van der Waals surface area contributed by atoms with Crippen molar-refractivity contribution in [1.82, 2.24) is 10.3 Å². The van der Waals surface area contributed by atoms with E-state index >= 15 is 0 Å². The fourth-order valence-electron chi connectivity index (χ4n) is 1.21. The van der Waals surface area contributed by atoms with E-state index in [9.17, 15) is 4.21 Å². The van der Waals surface area contributed by atoms with Crippen LogP contribution in [0, 0.1) is 11.3 Å². The Labute approximate surface area is 98.2 Å². The summed E-state index contributed by atoms with van der Waals surface area (Å²) in [5.74, 6) is 1.38. The Bertz CT molecular complexity index is 400. The van der Waals surface area contributed by atoms with E-state index in [1.165, 1.54) is 0 Å². The van der Waals surface area contributed by atoms with Crippen molar-refractivity contribution in [3.63, 3.8) is 0 Å². The van der Waals surface area contributed by atoms with Crippen LogP contribution in [0.1, 0.15) is 18.2 Å². The fraction of sp³-hybridized carbons (Fsp3) is 0.455. The maximum atomic E-state index is 11.1. The van der Waals surface area contributed by atoms with Gasteiger partial charge in [-0.3, -0.25) is 4.21 Å². The molecule has 0 bridgehead atoms. The monoisotopic (exact) mass is 237 g/mol. The molecule has 1 aromatic heterocycles. The number of hydrogen-bond acceptors (Lipinski definition) is 4. The summed E-state index contributed by atoms with van der Waals surface area (Å²) in [6.07, 6.45) is 1.62. The molecule has 1 heterocycles. The van der Waals surface area contributed by atoms with Gasteiger partial charge in [-0.25, -0.2) is 4.98 Å². The van der Waals surface area contributed by atoms with Crippen molar-refractivity contribution in [2.75, 3.05) is 18.1 Å². The van der Waals surface area contributed by atoms with E-state index in [0.717, 1.165) is 12.1 Å². The van der Waals surface area contributed by atoms with Crippen molar-refractivity contribution >= 4 is 10.8 Å². The number of rotatable bonds is 6. The lowest BCUT2D eigenvalue weighted by Crippen LogP contribution is -2.20. The van der Waals surface area contributed by atoms with Crippen molar-refractivity contribution in [1.29, 1.82) is 5.26 Å². The quantitative estimate of drug-likeness (QED) is 0.744. The van der Waals surface area contributed by atoms with Crippen molar-refractivity contribution in [3.8, 4) is 6.07 Å². The molecular weight excluding hydrogens is 222 g/mol. The lowest BCUT2D eigenvalue weighted by atomic mass is 10.2. The minimum Gasteiger partial charge on any atom is -0.312 e. The van der Waals surface area contributed by atoms with Gasteiger partial charge in [0.05, 0.1) is 0 Å². The highest BCUT2D eigenvalue weighted by molar-refractivity contribution is 7.84. The maximum absolute atomic E-state index is 11.1. The molecule has 1 unspecified atom stereocenters. The average Bonchev–Trinajstić information content (AvgIpc) is 2.34. The molecule has 0 amide bonds. The minimum atomic E-state index is -0.718. The van der Waals surface area contributed by atoms with Gasteiger partial charge < -0.3 is 5.32 Å². The van der Waals surface area contributed by atoms with Gasteiger partial charge in [0.25, 0.3) is 0 Å². The smallest absolute Gasteiger partial charge is 0.140 e. The van der Waals surface area contributed by atoms with E-state index in [0.29, 0.717) is 23.7 Å². The second-order valence-corrected chi connectivity index (χ2v) is 5.14. The average molecular weight is 237 g/mol. The van der Waals surface area contributed by atoms with Gasteiger partial charge in [0.1, 0.15) is 11.8 Å². The molecule has 0 saturated carbocycles. The van der Waals surface area contributed by atoms with Crippen LogP contribution < -0.4 is 5.32 Å². The fourth-order valence-corrected chi connectivity index (χ4v) is 1.87. The van der Waals surface area contributed by atoms with Crippen molar-refractivity contribution in [2.45, 2.75) is 13.5 Å². The number of pyridine rings is 1. The summed E-state index contributed by atoms with van der Waals surface area (Å²) in [5.41, 5.74) is 1.45. The molecule has 0 saturated heterocycles. The van der Waals surface area contributed by atoms with Crippen LogP contribution in [0.15, 0.2) is 18.3 Å². The summed E-state index contributed by atoms with van der Waals surface area (Å²) in [5, 5.41) is 11.9. The Balaban J connectivity index is 2.32. The van der Waals surface area contributed by atoms with Crippen LogP contribution >= 0.6 is 0 Å². The predicted octanol–water partition coefficient (Wildman–Crippen LogP) is 0.811. The highest BCUT2D eigenvalue weighted by Gasteiger charge is 1.97. The van der Waals surface area contributed by atoms with Gasteiger partial charge in [0.15, 0.2) is 0 Å². The largest absolute Gasteiger partial charge is 0.312 e. The van der Waals surface area contributed by atoms with E-state index in [2.05, 4.69) is 10.3 Å². The summed E-state index contributed by atoms with van der Waals surface area (Å²) in [6, 6.07) is 5.62. The Kier molecular flexibility index (Phi) is 5.68. The zero-order valence-electron chi connectivity index (χ0n) is 9.27. The highest BCUT2D eigenvalue weighted by atomic mass is 32.2. The first kappa shape index (κ1) is 12.8. The maximum Gasteiger partial charge on any atom is 0.140 e. The number of aromatic nitrogens is 1. The molecule has 1 aromatic rings. The molecule has 0 aliphatic carbocycles. The molecule has 86 valence electrons. The number of hydrogen-bond donors (Lipinski definition) is 1. The molecule has 0 aliphatic heterocycles. The van der Waals surface area contributed by atoms with Gasteiger partial charge in [-0.15, -0.1) is 0 Å². The lowest BCUT2D eigenvalue weighted by Gasteiger charge is -2.04. The first-order chi connectivity index (χ1) is 7.76. The standard InChI is InChI=1S/C11H15N3OS/c1-2-16(15)6-5-13-9-10-3-4-14-11(7-10)8-12/h3-4,7,13H,2,5-6,9H2,1H3. The Morgan fingerprint density at radius 3 is 3.12 bits per heavy atom. The van der Waals surface area contributed by atoms with Gasteiger partial charge in [-0.1, -0.05) is 6.92 Å². The third-order valence-electron chi connectivity index (χ3n) is 2.10. The molecule has 5 heteroatoms. The van der Waals surface area contributed by atoms with Crippen LogP contribution in [0.25, 0.3) is 0 Å². The molecule has 0 fully saturated rings. The van der Waals surface area contributed by atoms with Gasteiger partial charge in [-0.05, 0) is 17.7 Å². The molecule has 0 aliphatic rings. The molecule has 4 nitrogen and oxygen atoms in total. The SMILES string of the molecule is CCS(=O)CCNCc1ccnc(C#N)c1. The third-order valence-corrected chi connectivity index (χ3v) is 3.40. The molecule has 0 aromatic carbocycles. The third kappa shape index (κ3) is 4.51. The Hall–Kier alpha value is -1.25. The summed E-state index contributed by atoms with van der Waals surface area (Å²) in [6.45, 7) is 3.32. The Morgan fingerprint density at radius 1 is 1.62 bits per heavy atom. The van der Waals surface area contributed by atoms with Crippen LogP contribution in [0.3, 0.4) is 0 Å². The van der Waals surface area contributed by atoms with Crippen molar-refractivity contribution < 1.29 is 4.21 Å². The zero-order valence-corrected chi connectivity index (χ0v) is 10.1. The van der Waals surface area contributed by atoms with Crippen LogP contribution in [-0.2, 0) is 17.3 Å². The molecule has 0 spiro atoms. The van der Waals surface area contributed by atoms with E-state index in [-0.39, 0.29) is 0 Å². The van der Waals surface area contributed by atoms with Gasteiger partial charge in [0, 0.05) is 41.6 Å². The second kappa shape index (κ2) is 7.09. The van der Waals surface area contributed by atoms with Gasteiger partial charge in [-0.2, -0.15) is 5.26 Å². The topological polar surface area (TPSA) is 65.8 Å². The minimum absolute atomic E-state index is 0.427. The number of nitrogens with zero attached hydrogens (tertiary/aromatic N) is 2. The van der Waals surface area contributed by atoms with Crippen molar-refractivity contribution in [3.05, 3.63) is 29.6 Å². The normalized spacial score (nSPS) is 12.0. The van der Waals surface area contributed by atoms with Crippen LogP contribution in [0.5, 0.6) is 0 Å². The summed E-state index contributed by atoms with van der Waals surface area (Å²) in [7, 11) is -0.718. The first-order valence-electron chi connectivity index (χ1n) is 5.17. The summed E-state index contributed by atoms with van der Waals surface area (Å²) in [4.78, 5) is 3.89. The Morgan fingerprint density at radius 2 is 2.44 bits per heavy atom. The van der Waals surface area contributed by atoms with Crippen LogP contribution in [-0.4, -0.2) is 27.2 Å². The van der Waals surface area contributed by atoms with E-state index in [4.69, 9.17) is 5.26 Å². The first-order valence-corrected chi connectivity index (χ1v) is 6.65. The molecular formula is C11H15N3OS. The zero-order chi connectivity index (χ0) is 11.8. The molecule has 1 atom stereocenters. The molecule has 0 radical (unpaired) electrons.